The lowest BCUT2D eigenvalue weighted by Gasteiger charge is -2.46. The van der Waals surface area contributed by atoms with Gasteiger partial charge in [0.25, 0.3) is 6.71 Å². The molecule has 4 heteroatoms. The van der Waals surface area contributed by atoms with Crippen LogP contribution in [0.5, 0.6) is 0 Å². The number of hydrogen-bond acceptors (Lipinski definition) is 3. The van der Waals surface area contributed by atoms with Crippen molar-refractivity contribution >= 4 is 68.4 Å². The molecule has 3 heterocycles. The Morgan fingerprint density at radius 1 is 0.524 bits per heavy atom. The maximum atomic E-state index is 7.57. The number of aryl methyl sites for hydroxylation is 1. The lowest BCUT2D eigenvalue weighted by Crippen LogP contribution is -2.61. The van der Waals surface area contributed by atoms with Gasteiger partial charge in [0.1, 0.15) is 5.58 Å². The SMILES string of the molecule is Cc1cc2c3c(c1)N(c1ccc(-c4ccccc4)cc1)c1c(oc4cc5c(cc14)C(C)(C)CCC5(C)C)B3c1cc3c(cc1N2c1ccc(C(C)(C)C)cc1)C(C)(C)CCC3(C)C. The Labute approximate surface area is 376 Å². The highest BCUT2D eigenvalue weighted by atomic mass is 16.3. The Balaban J connectivity index is 1.25. The third kappa shape index (κ3) is 6.06. The molecule has 0 atom stereocenters. The summed E-state index contributed by atoms with van der Waals surface area (Å²) in [5.74, 6) is 0. The van der Waals surface area contributed by atoms with Crippen molar-refractivity contribution in [1.82, 2.24) is 0 Å². The van der Waals surface area contributed by atoms with Gasteiger partial charge in [-0.1, -0.05) is 137 Å². The highest BCUT2D eigenvalue weighted by Crippen LogP contribution is 2.53. The van der Waals surface area contributed by atoms with E-state index in [1.807, 2.05) is 0 Å². The van der Waals surface area contributed by atoms with Crippen LogP contribution >= 0.6 is 0 Å². The monoisotopic (exact) mass is 827 g/mol. The Kier molecular flexibility index (Phi) is 8.50. The summed E-state index contributed by atoms with van der Waals surface area (Å²) in [4.78, 5) is 5.15. The molecule has 0 saturated carbocycles. The van der Waals surface area contributed by atoms with Crippen molar-refractivity contribution in [1.29, 1.82) is 0 Å². The molecular weight excluding hydrogens is 763 g/mol. The van der Waals surface area contributed by atoms with Crippen LogP contribution in [0.1, 0.15) is 135 Å². The zero-order valence-corrected chi connectivity index (χ0v) is 39.7. The molecule has 3 nitrogen and oxygen atoms in total. The summed E-state index contributed by atoms with van der Waals surface area (Å²) in [6.45, 7) is 28.7. The fourth-order valence-corrected chi connectivity index (χ4v) is 11.8. The molecule has 63 heavy (non-hydrogen) atoms. The molecule has 0 bridgehead atoms. The first-order valence-corrected chi connectivity index (χ1v) is 23.5. The number of rotatable bonds is 3. The molecule has 0 unspecified atom stereocenters. The molecule has 2 aliphatic heterocycles. The lowest BCUT2D eigenvalue weighted by molar-refractivity contribution is 0.332. The largest absolute Gasteiger partial charge is 0.468 e. The Morgan fingerprint density at radius 2 is 1.02 bits per heavy atom. The van der Waals surface area contributed by atoms with Crippen molar-refractivity contribution in [3.8, 4) is 11.1 Å². The molecule has 6 aromatic carbocycles. The van der Waals surface area contributed by atoms with Crippen LogP contribution in [-0.2, 0) is 27.1 Å². The van der Waals surface area contributed by atoms with Crippen molar-refractivity contribution < 1.29 is 4.42 Å². The van der Waals surface area contributed by atoms with Crippen molar-refractivity contribution in [2.75, 3.05) is 9.80 Å². The van der Waals surface area contributed by atoms with Crippen LogP contribution in [0.25, 0.3) is 22.1 Å². The summed E-state index contributed by atoms with van der Waals surface area (Å²) >= 11 is 0. The minimum atomic E-state index is -0.0953. The first-order valence-electron chi connectivity index (χ1n) is 23.5. The number of nitrogens with zero attached hydrogens (tertiary/aromatic N) is 2. The summed E-state index contributed by atoms with van der Waals surface area (Å²) in [7, 11) is 0. The molecule has 4 aliphatic rings. The molecule has 2 aliphatic carbocycles. The van der Waals surface area contributed by atoms with Crippen LogP contribution in [0.3, 0.4) is 0 Å². The van der Waals surface area contributed by atoms with Crippen LogP contribution < -0.4 is 26.4 Å². The molecule has 0 radical (unpaired) electrons. The molecule has 0 fully saturated rings. The van der Waals surface area contributed by atoms with E-state index in [0.29, 0.717) is 0 Å². The molecule has 318 valence electrons. The molecule has 0 amide bonds. The Morgan fingerprint density at radius 3 is 1.60 bits per heavy atom. The topological polar surface area (TPSA) is 19.6 Å². The van der Waals surface area contributed by atoms with Gasteiger partial charge in [0, 0.05) is 33.8 Å². The number of benzene rings is 6. The van der Waals surface area contributed by atoms with Crippen LogP contribution in [0, 0.1) is 6.92 Å². The minimum Gasteiger partial charge on any atom is -0.468 e. The van der Waals surface area contributed by atoms with Gasteiger partial charge in [-0.2, -0.15) is 0 Å². The minimum absolute atomic E-state index is 0.0452. The van der Waals surface area contributed by atoms with Gasteiger partial charge in [-0.25, -0.2) is 0 Å². The van der Waals surface area contributed by atoms with Gasteiger partial charge in [-0.15, -0.1) is 0 Å². The van der Waals surface area contributed by atoms with E-state index in [2.05, 4.69) is 208 Å². The van der Waals surface area contributed by atoms with Gasteiger partial charge in [0.2, 0.25) is 0 Å². The fraction of sp³-hybridized carbons (Fsp3) is 0.356. The number of hydrogen-bond donors (Lipinski definition) is 0. The van der Waals surface area contributed by atoms with E-state index in [1.54, 1.807) is 0 Å². The summed E-state index contributed by atoms with van der Waals surface area (Å²) < 4.78 is 7.57. The first-order chi connectivity index (χ1) is 29.7. The normalized spacial score (nSPS) is 18.6. The van der Waals surface area contributed by atoms with E-state index >= 15 is 0 Å². The standard InChI is InChI=1S/C59H63BN2O/c1-36-30-49-52-50(31-36)62(41-22-18-38(19-23-41)37-16-14-13-15-17-37)53-42-32-43-46(59(11,12)29-26-56(43,5)6)35-51(42)63-54(53)60(52)47-33-44-45(58(9,10)28-27-57(44,7)8)34-48(47)61(49)40-24-20-39(21-25-40)55(2,3)4/h13-25,30-35H,26-29H2,1-12H3. The maximum absolute atomic E-state index is 7.57. The summed E-state index contributed by atoms with van der Waals surface area (Å²) in [6.07, 6.45) is 4.65. The number of anilines is 6. The first kappa shape index (κ1) is 40.3. The smallest absolute Gasteiger partial charge is 0.297 e. The quantitative estimate of drug-likeness (QED) is 0.165. The van der Waals surface area contributed by atoms with E-state index in [9.17, 15) is 0 Å². The van der Waals surface area contributed by atoms with Crippen LogP contribution in [0.4, 0.5) is 34.1 Å². The summed E-state index contributed by atoms with van der Waals surface area (Å²) in [5.41, 5.74) is 23.0. The second-order valence-corrected chi connectivity index (χ2v) is 23.2. The van der Waals surface area contributed by atoms with Crippen LogP contribution in [-0.4, -0.2) is 6.71 Å². The average Bonchev–Trinajstić information content (AvgIpc) is 3.62. The predicted octanol–water partition coefficient (Wildman–Crippen LogP) is 14.5. The molecule has 11 rings (SSSR count). The van der Waals surface area contributed by atoms with Crippen molar-refractivity contribution in [2.24, 2.45) is 0 Å². The second-order valence-electron chi connectivity index (χ2n) is 23.2. The molecule has 1 aromatic heterocycles. The van der Waals surface area contributed by atoms with Gasteiger partial charge in [-0.3, -0.25) is 0 Å². The van der Waals surface area contributed by atoms with E-state index in [4.69, 9.17) is 4.42 Å². The van der Waals surface area contributed by atoms with Gasteiger partial charge in [0.15, 0.2) is 0 Å². The fourth-order valence-electron chi connectivity index (χ4n) is 11.8. The van der Waals surface area contributed by atoms with Gasteiger partial charge in [-0.05, 0) is 170 Å². The van der Waals surface area contributed by atoms with E-state index in [0.717, 1.165) is 36.2 Å². The van der Waals surface area contributed by atoms with E-state index in [-0.39, 0.29) is 33.8 Å². The molecule has 0 N–H and O–H groups in total. The highest BCUT2D eigenvalue weighted by Gasteiger charge is 2.49. The van der Waals surface area contributed by atoms with Crippen LogP contribution in [0.15, 0.2) is 120 Å². The van der Waals surface area contributed by atoms with Gasteiger partial charge < -0.3 is 14.2 Å². The second kappa shape index (κ2) is 13.3. The van der Waals surface area contributed by atoms with E-state index in [1.165, 1.54) is 95.7 Å². The zero-order valence-electron chi connectivity index (χ0n) is 39.7. The van der Waals surface area contributed by atoms with Gasteiger partial charge >= 0.3 is 0 Å². The molecule has 0 spiro atoms. The average molecular weight is 827 g/mol. The maximum Gasteiger partial charge on any atom is 0.297 e. The van der Waals surface area contributed by atoms with Gasteiger partial charge in [0.05, 0.1) is 11.3 Å². The molecular formula is C59H63BN2O. The van der Waals surface area contributed by atoms with Crippen molar-refractivity contribution in [3.63, 3.8) is 0 Å². The van der Waals surface area contributed by atoms with Crippen LogP contribution in [0.2, 0.25) is 0 Å². The van der Waals surface area contributed by atoms with E-state index < -0.39 is 0 Å². The van der Waals surface area contributed by atoms with Crippen molar-refractivity contribution in [3.05, 3.63) is 149 Å². The molecule has 0 saturated heterocycles. The third-order valence-electron chi connectivity index (χ3n) is 16.0. The molecule has 7 aromatic rings. The highest BCUT2D eigenvalue weighted by molar-refractivity contribution is 7.00. The summed E-state index contributed by atoms with van der Waals surface area (Å²) in [5, 5.41) is 1.21. The Bertz CT molecular complexity index is 2990. The lowest BCUT2D eigenvalue weighted by atomic mass is 9.35. The number of fused-ring (bicyclic) bond motifs is 8. The number of furan rings is 1. The third-order valence-corrected chi connectivity index (χ3v) is 16.0. The van der Waals surface area contributed by atoms with Crippen molar-refractivity contribution in [2.45, 2.75) is 136 Å². The predicted molar refractivity (Wildman–Crippen MR) is 270 cm³/mol. The Hall–Kier alpha value is -5.48. The summed E-state index contributed by atoms with van der Waals surface area (Å²) in [6, 6.07) is 44.5. The zero-order chi connectivity index (χ0) is 44.2.